The number of aliphatic hydroxyl groups excluding tert-OH is 1. The third-order valence-corrected chi connectivity index (χ3v) is 7.16. The number of anilines is 3. The second kappa shape index (κ2) is 9.56. The second-order valence-electron chi connectivity index (χ2n) is 9.54. The van der Waals surface area contributed by atoms with E-state index in [0.717, 1.165) is 22.5 Å². The van der Waals surface area contributed by atoms with Gasteiger partial charge in [0, 0.05) is 35.9 Å². The lowest BCUT2D eigenvalue weighted by Crippen LogP contribution is -2.48. The third kappa shape index (κ3) is 4.36. The first-order valence-electron chi connectivity index (χ1n) is 12.5. The van der Waals surface area contributed by atoms with Gasteiger partial charge in [0.25, 0.3) is 11.8 Å². The van der Waals surface area contributed by atoms with Crippen LogP contribution in [-0.2, 0) is 0 Å². The minimum atomic E-state index is -0.386. The van der Waals surface area contributed by atoms with Gasteiger partial charge in [0.05, 0.1) is 17.5 Å². The van der Waals surface area contributed by atoms with Crippen LogP contribution in [0.15, 0.2) is 103 Å². The van der Waals surface area contributed by atoms with Crippen LogP contribution in [0.3, 0.4) is 0 Å². The molecule has 0 radical (unpaired) electrons. The molecule has 2 N–H and O–H groups in total. The summed E-state index contributed by atoms with van der Waals surface area (Å²) in [5.74, 6) is -0.302. The zero-order chi connectivity index (χ0) is 25.4. The monoisotopic (exact) mass is 489 g/mol. The third-order valence-electron chi connectivity index (χ3n) is 7.16. The van der Waals surface area contributed by atoms with Crippen LogP contribution in [0.2, 0.25) is 0 Å². The molecule has 1 saturated heterocycles. The van der Waals surface area contributed by atoms with Crippen LogP contribution in [0, 0.1) is 0 Å². The van der Waals surface area contributed by atoms with E-state index in [1.807, 2.05) is 78.9 Å². The van der Waals surface area contributed by atoms with Crippen LogP contribution in [0.25, 0.3) is 11.1 Å². The van der Waals surface area contributed by atoms with Gasteiger partial charge in [-0.15, -0.1) is 0 Å². The molecule has 37 heavy (non-hydrogen) atoms. The Kier molecular flexibility index (Phi) is 5.94. The van der Waals surface area contributed by atoms with Crippen LogP contribution in [0.5, 0.6) is 0 Å². The number of nitrogens with zero attached hydrogens (tertiary/aromatic N) is 2. The van der Waals surface area contributed by atoms with Crippen molar-refractivity contribution in [3.05, 3.63) is 114 Å². The molecule has 6 heteroatoms. The van der Waals surface area contributed by atoms with E-state index in [0.29, 0.717) is 36.3 Å². The maximum absolute atomic E-state index is 13.5. The molecule has 2 amide bonds. The molecule has 4 aromatic rings. The molecule has 6 rings (SSSR count). The van der Waals surface area contributed by atoms with E-state index in [1.54, 1.807) is 29.2 Å². The predicted octanol–water partition coefficient (Wildman–Crippen LogP) is 5.21. The zero-order valence-corrected chi connectivity index (χ0v) is 20.2. The summed E-state index contributed by atoms with van der Waals surface area (Å²) >= 11 is 0. The van der Waals surface area contributed by atoms with E-state index >= 15 is 0 Å². The van der Waals surface area contributed by atoms with Crippen molar-refractivity contribution in [2.75, 3.05) is 28.2 Å². The first kappa shape index (κ1) is 23.0. The van der Waals surface area contributed by atoms with Crippen LogP contribution in [0.1, 0.15) is 27.1 Å². The van der Waals surface area contributed by atoms with Crippen molar-refractivity contribution in [3.63, 3.8) is 0 Å². The fourth-order valence-electron chi connectivity index (χ4n) is 5.40. The number of hydrogen-bond acceptors (Lipinski definition) is 4. The number of aliphatic hydroxyl groups is 1. The number of fused-ring (bicyclic) bond motifs is 3. The highest BCUT2D eigenvalue weighted by atomic mass is 16.3. The predicted molar refractivity (Wildman–Crippen MR) is 146 cm³/mol. The summed E-state index contributed by atoms with van der Waals surface area (Å²) in [6, 6.07) is 32.3. The molecule has 0 aliphatic carbocycles. The molecule has 6 nitrogen and oxygen atoms in total. The second-order valence-corrected chi connectivity index (χ2v) is 9.54. The van der Waals surface area contributed by atoms with Gasteiger partial charge in [0.2, 0.25) is 0 Å². The van der Waals surface area contributed by atoms with E-state index in [9.17, 15) is 14.7 Å². The summed E-state index contributed by atoms with van der Waals surface area (Å²) in [6.45, 7) is 1.12. The number of nitrogens with one attached hydrogen (secondary N) is 1. The topological polar surface area (TPSA) is 72.9 Å². The Bertz CT molecular complexity index is 1450. The molecule has 0 unspecified atom stereocenters. The molecule has 2 aliphatic heterocycles. The van der Waals surface area contributed by atoms with Crippen LogP contribution in [-0.4, -0.2) is 42.2 Å². The SMILES string of the molecule is O=C(Nc1ccc(C(=O)N2C[C@H]3C[C@H](O)CN3c3ccccc32)cc1)c1ccccc1-c1ccccc1. The van der Waals surface area contributed by atoms with Gasteiger partial charge >= 0.3 is 0 Å². The molecular formula is C31H27N3O3. The van der Waals surface area contributed by atoms with Gasteiger partial charge in [-0.3, -0.25) is 9.59 Å². The highest BCUT2D eigenvalue weighted by molar-refractivity contribution is 6.10. The van der Waals surface area contributed by atoms with Gasteiger partial charge in [0.1, 0.15) is 0 Å². The molecule has 184 valence electrons. The molecule has 1 fully saturated rings. The Hall–Kier alpha value is -4.42. The number of benzene rings is 4. The van der Waals surface area contributed by atoms with Gasteiger partial charge in [0.15, 0.2) is 0 Å². The summed E-state index contributed by atoms with van der Waals surface area (Å²) in [7, 11) is 0. The lowest BCUT2D eigenvalue weighted by molar-refractivity contribution is 0.0982. The fraction of sp³-hybridized carbons (Fsp3) is 0.161. The van der Waals surface area contributed by atoms with Gasteiger partial charge < -0.3 is 20.2 Å². The summed E-state index contributed by atoms with van der Waals surface area (Å²) in [6.07, 6.45) is 0.260. The molecule has 0 spiro atoms. The van der Waals surface area contributed by atoms with E-state index in [-0.39, 0.29) is 24.0 Å². The van der Waals surface area contributed by atoms with Crippen molar-refractivity contribution in [2.24, 2.45) is 0 Å². The quantitative estimate of drug-likeness (QED) is 0.413. The van der Waals surface area contributed by atoms with Crippen LogP contribution < -0.4 is 15.1 Å². The lowest BCUT2D eigenvalue weighted by atomic mass is 9.99. The molecule has 2 aliphatic rings. The Morgan fingerprint density at radius 3 is 2.22 bits per heavy atom. The van der Waals surface area contributed by atoms with Crippen molar-refractivity contribution < 1.29 is 14.7 Å². The minimum Gasteiger partial charge on any atom is -0.391 e. The molecular weight excluding hydrogens is 462 g/mol. The maximum Gasteiger partial charge on any atom is 0.258 e. The van der Waals surface area contributed by atoms with Crippen molar-refractivity contribution in [1.82, 2.24) is 0 Å². The summed E-state index contributed by atoms with van der Waals surface area (Å²) in [4.78, 5) is 30.7. The van der Waals surface area contributed by atoms with Crippen molar-refractivity contribution >= 4 is 28.9 Å². The summed E-state index contributed by atoms with van der Waals surface area (Å²) in [5, 5.41) is 13.2. The Morgan fingerprint density at radius 2 is 1.43 bits per heavy atom. The lowest BCUT2D eigenvalue weighted by Gasteiger charge is -2.40. The van der Waals surface area contributed by atoms with Gasteiger partial charge in [-0.25, -0.2) is 0 Å². The van der Waals surface area contributed by atoms with E-state index in [1.165, 1.54) is 0 Å². The number of amides is 2. The zero-order valence-electron chi connectivity index (χ0n) is 20.2. The number of para-hydroxylation sites is 2. The molecule has 0 bridgehead atoms. The van der Waals surface area contributed by atoms with Crippen LogP contribution in [0.4, 0.5) is 17.1 Å². The Balaban J connectivity index is 1.21. The normalized spacial score (nSPS) is 18.2. The number of hydrogen-bond donors (Lipinski definition) is 2. The van der Waals surface area contributed by atoms with Crippen molar-refractivity contribution in [2.45, 2.75) is 18.6 Å². The molecule has 4 aromatic carbocycles. The molecule has 0 saturated carbocycles. The van der Waals surface area contributed by atoms with E-state index in [4.69, 9.17) is 0 Å². The minimum absolute atomic E-state index is 0.0945. The fourth-order valence-corrected chi connectivity index (χ4v) is 5.40. The maximum atomic E-state index is 13.5. The van der Waals surface area contributed by atoms with E-state index < -0.39 is 0 Å². The molecule has 0 aromatic heterocycles. The first-order chi connectivity index (χ1) is 18.1. The number of carbonyl (C=O) groups excluding carboxylic acids is 2. The molecule has 2 atom stereocenters. The van der Waals surface area contributed by atoms with Gasteiger partial charge in [-0.1, -0.05) is 60.7 Å². The summed E-state index contributed by atoms with van der Waals surface area (Å²) in [5.41, 5.74) is 5.42. The Labute approximate surface area is 215 Å². The smallest absolute Gasteiger partial charge is 0.258 e. The average Bonchev–Trinajstić information content (AvgIpc) is 3.33. The largest absolute Gasteiger partial charge is 0.391 e. The number of rotatable bonds is 4. The van der Waals surface area contributed by atoms with Gasteiger partial charge in [-0.2, -0.15) is 0 Å². The average molecular weight is 490 g/mol. The highest BCUT2D eigenvalue weighted by Gasteiger charge is 2.39. The van der Waals surface area contributed by atoms with Crippen molar-refractivity contribution in [1.29, 1.82) is 0 Å². The van der Waals surface area contributed by atoms with Crippen molar-refractivity contribution in [3.8, 4) is 11.1 Å². The first-order valence-corrected chi connectivity index (χ1v) is 12.5. The van der Waals surface area contributed by atoms with E-state index in [2.05, 4.69) is 10.2 Å². The van der Waals surface area contributed by atoms with Crippen LogP contribution >= 0.6 is 0 Å². The highest BCUT2D eigenvalue weighted by Crippen LogP contribution is 2.40. The number of carbonyl (C=O) groups is 2. The van der Waals surface area contributed by atoms with Gasteiger partial charge in [-0.05, 0) is 60.0 Å². The Morgan fingerprint density at radius 1 is 0.757 bits per heavy atom. The standard InChI is InChI=1S/C31H27N3O3/c35-25-18-24-19-34(29-13-7-6-12-28(29)33(24)20-25)31(37)22-14-16-23(17-15-22)32-30(36)27-11-5-4-10-26(27)21-8-2-1-3-9-21/h1-17,24-25,35H,18-20H2,(H,32,36)/t24-,25+/m1/s1. The molecule has 2 heterocycles. The summed E-state index contributed by atoms with van der Waals surface area (Å²) < 4.78 is 0.